The maximum atomic E-state index is 5.79. The minimum Gasteiger partial charge on any atom is -0.316 e. The third-order valence-electron chi connectivity index (χ3n) is 13.8. The zero-order valence-corrected chi connectivity index (χ0v) is 36.9. The SMILES string of the molecule is c1ccc(-c2c3ccccc3c(C3=NC(n4c5ccccc5c5c6sc7ccccc7c6ccc54)NC(n4c5ccccc5c5c6sc7ccccc7c6ccc54)=N3)c3ccccc23)cc1. The van der Waals surface area contributed by atoms with E-state index in [1.807, 2.05) is 22.7 Å². The molecule has 5 heterocycles. The van der Waals surface area contributed by atoms with Crippen molar-refractivity contribution in [2.45, 2.75) is 6.29 Å². The van der Waals surface area contributed by atoms with Crippen LogP contribution in [0.15, 0.2) is 210 Å². The fraction of sp³-hybridized carbons (Fsp3) is 0.0169. The van der Waals surface area contributed by atoms with Crippen LogP contribution in [0.25, 0.3) is 117 Å². The van der Waals surface area contributed by atoms with Gasteiger partial charge >= 0.3 is 0 Å². The molecule has 15 rings (SSSR count). The van der Waals surface area contributed by atoms with E-state index in [9.17, 15) is 0 Å². The number of para-hydroxylation sites is 2. The number of benzene rings is 10. The van der Waals surface area contributed by atoms with Gasteiger partial charge in [0.05, 0.1) is 22.1 Å². The minimum absolute atomic E-state index is 0.558. The summed E-state index contributed by atoms with van der Waals surface area (Å²) in [5.74, 6) is 1.41. The molecule has 0 saturated heterocycles. The average molecular weight is 878 g/mol. The number of hydrogen-bond donors (Lipinski definition) is 1. The zero-order chi connectivity index (χ0) is 43.0. The highest BCUT2D eigenvalue weighted by atomic mass is 32.1. The molecule has 0 aliphatic carbocycles. The first-order valence-corrected chi connectivity index (χ1v) is 24.0. The summed E-state index contributed by atoms with van der Waals surface area (Å²) in [7, 11) is 0. The van der Waals surface area contributed by atoms with E-state index >= 15 is 0 Å². The fourth-order valence-corrected chi connectivity index (χ4v) is 13.6. The van der Waals surface area contributed by atoms with Crippen LogP contribution in [-0.2, 0) is 0 Å². The highest BCUT2D eigenvalue weighted by Crippen LogP contribution is 2.46. The van der Waals surface area contributed by atoms with Crippen LogP contribution in [0.1, 0.15) is 11.9 Å². The monoisotopic (exact) mass is 877 g/mol. The van der Waals surface area contributed by atoms with Gasteiger partial charge in [0.2, 0.25) is 12.2 Å². The summed E-state index contributed by atoms with van der Waals surface area (Å²) in [6, 6.07) is 72.7. The zero-order valence-electron chi connectivity index (χ0n) is 35.2. The number of thiophene rings is 2. The molecule has 5 nitrogen and oxygen atoms in total. The Labute approximate surface area is 385 Å². The number of nitrogens with one attached hydrogen (secondary N) is 1. The molecule has 308 valence electrons. The number of amidine groups is 1. The third kappa shape index (κ3) is 4.98. The molecular weight excluding hydrogens is 843 g/mol. The lowest BCUT2D eigenvalue weighted by Gasteiger charge is -2.27. The highest BCUT2D eigenvalue weighted by molar-refractivity contribution is 7.27. The Morgan fingerprint density at radius 1 is 0.379 bits per heavy atom. The van der Waals surface area contributed by atoms with Crippen LogP contribution < -0.4 is 5.32 Å². The summed E-state index contributed by atoms with van der Waals surface area (Å²) < 4.78 is 9.91. The van der Waals surface area contributed by atoms with Crippen LogP contribution in [0.2, 0.25) is 0 Å². The van der Waals surface area contributed by atoms with Gasteiger partial charge in [-0.1, -0.05) is 164 Å². The molecule has 1 atom stereocenters. The Morgan fingerprint density at radius 3 is 1.47 bits per heavy atom. The Hall–Kier alpha value is -8.10. The first-order valence-electron chi connectivity index (χ1n) is 22.4. The normalized spacial score (nSPS) is 14.5. The quantitative estimate of drug-likeness (QED) is 0.177. The van der Waals surface area contributed by atoms with Crippen LogP contribution in [-0.4, -0.2) is 20.9 Å². The molecule has 66 heavy (non-hydrogen) atoms. The smallest absolute Gasteiger partial charge is 0.213 e. The van der Waals surface area contributed by atoms with Crippen molar-refractivity contribution in [3.63, 3.8) is 0 Å². The summed E-state index contributed by atoms with van der Waals surface area (Å²) in [5, 5.41) is 18.6. The summed E-state index contributed by atoms with van der Waals surface area (Å²) in [4.78, 5) is 11.5. The van der Waals surface area contributed by atoms with Gasteiger partial charge in [0.25, 0.3) is 0 Å². The Kier molecular flexibility index (Phi) is 7.53. The van der Waals surface area contributed by atoms with Crippen molar-refractivity contribution in [2.75, 3.05) is 0 Å². The maximum absolute atomic E-state index is 5.79. The molecule has 4 aromatic heterocycles. The lowest BCUT2D eigenvalue weighted by atomic mass is 9.88. The molecule has 0 saturated carbocycles. The molecule has 10 aromatic carbocycles. The largest absolute Gasteiger partial charge is 0.316 e. The van der Waals surface area contributed by atoms with Crippen molar-refractivity contribution < 1.29 is 0 Å². The van der Waals surface area contributed by atoms with Crippen LogP contribution in [0.5, 0.6) is 0 Å². The van der Waals surface area contributed by atoms with Gasteiger partial charge in [-0.15, -0.1) is 22.7 Å². The van der Waals surface area contributed by atoms with Gasteiger partial charge < -0.3 is 9.88 Å². The molecule has 7 heteroatoms. The van der Waals surface area contributed by atoms with E-state index < -0.39 is 6.29 Å². The van der Waals surface area contributed by atoms with Crippen molar-refractivity contribution in [3.8, 4) is 11.1 Å². The van der Waals surface area contributed by atoms with Crippen molar-refractivity contribution in [1.29, 1.82) is 0 Å². The summed E-state index contributed by atoms with van der Waals surface area (Å²) in [5.41, 5.74) is 7.84. The van der Waals surface area contributed by atoms with Gasteiger partial charge in [0.15, 0.2) is 5.84 Å². The van der Waals surface area contributed by atoms with Gasteiger partial charge in [-0.25, -0.2) is 4.99 Å². The van der Waals surface area contributed by atoms with Crippen LogP contribution in [0.3, 0.4) is 0 Å². The molecule has 1 aliphatic rings. The number of hydrogen-bond acceptors (Lipinski definition) is 5. The van der Waals surface area contributed by atoms with E-state index in [4.69, 9.17) is 9.98 Å². The number of rotatable bonds is 3. The molecule has 0 radical (unpaired) electrons. The van der Waals surface area contributed by atoms with Gasteiger partial charge in [-0.2, -0.15) is 4.99 Å². The number of nitrogens with zero attached hydrogens (tertiary/aromatic N) is 4. The molecule has 1 N–H and O–H groups in total. The van der Waals surface area contributed by atoms with Crippen molar-refractivity contribution in [1.82, 2.24) is 14.5 Å². The molecule has 0 amide bonds. The molecular formula is C59H35N5S2. The van der Waals surface area contributed by atoms with Gasteiger partial charge in [-0.3, -0.25) is 4.57 Å². The highest BCUT2D eigenvalue weighted by Gasteiger charge is 2.30. The van der Waals surface area contributed by atoms with E-state index in [-0.39, 0.29) is 0 Å². The standard InChI is InChI=1S/C59H35N5S2/c1-2-16-34(17-3-1)51-37-20-4-6-22-39(37)52(40-23-7-5-21-38(40)51)57-60-58(63-45-26-12-8-24-43(45)53-47(63)32-30-41-35-18-10-14-28-49(35)65-55(41)53)62-59(61-57)64-46-27-13-9-25-44(46)54-48(64)33-31-42-36-19-11-15-29-50(36)66-56(42)54/h1-33,58H,(H,60,61,62). The van der Waals surface area contributed by atoms with E-state index in [1.165, 1.54) is 83.8 Å². The summed E-state index contributed by atoms with van der Waals surface area (Å²) in [6.07, 6.45) is -0.558. The topological polar surface area (TPSA) is 46.6 Å². The van der Waals surface area contributed by atoms with E-state index in [0.29, 0.717) is 5.84 Å². The molecule has 0 fully saturated rings. The minimum atomic E-state index is -0.558. The Balaban J connectivity index is 1.06. The maximum Gasteiger partial charge on any atom is 0.213 e. The van der Waals surface area contributed by atoms with Crippen molar-refractivity contribution in [3.05, 3.63) is 206 Å². The van der Waals surface area contributed by atoms with Crippen LogP contribution >= 0.6 is 22.7 Å². The number of fused-ring (bicyclic) bond motifs is 16. The van der Waals surface area contributed by atoms with Gasteiger partial charge in [0.1, 0.15) is 0 Å². The third-order valence-corrected chi connectivity index (χ3v) is 16.2. The molecule has 0 bridgehead atoms. The second-order valence-corrected chi connectivity index (χ2v) is 19.3. The van der Waals surface area contributed by atoms with Crippen LogP contribution in [0.4, 0.5) is 0 Å². The molecule has 1 aliphatic heterocycles. The van der Waals surface area contributed by atoms with Crippen molar-refractivity contribution >= 4 is 140 Å². The second kappa shape index (κ2) is 13.7. The van der Waals surface area contributed by atoms with Gasteiger partial charge in [-0.05, 0) is 69.1 Å². The number of aromatic nitrogens is 2. The first kappa shape index (κ1) is 36.3. The number of aliphatic imine (C=N–C) groups is 2. The molecule has 1 unspecified atom stereocenters. The lowest BCUT2D eigenvalue weighted by molar-refractivity contribution is 0.509. The first-order chi connectivity index (χ1) is 32.8. The predicted molar refractivity (Wildman–Crippen MR) is 283 cm³/mol. The molecule has 0 spiro atoms. The van der Waals surface area contributed by atoms with Crippen LogP contribution in [0, 0.1) is 0 Å². The summed E-state index contributed by atoms with van der Waals surface area (Å²) in [6.45, 7) is 0. The van der Waals surface area contributed by atoms with E-state index in [1.54, 1.807) is 0 Å². The van der Waals surface area contributed by atoms with E-state index in [0.717, 1.165) is 44.4 Å². The average Bonchev–Trinajstić information content (AvgIpc) is 4.13. The second-order valence-electron chi connectivity index (χ2n) is 17.2. The lowest BCUT2D eigenvalue weighted by Crippen LogP contribution is -2.40. The van der Waals surface area contributed by atoms with E-state index in [2.05, 4.69) is 215 Å². The predicted octanol–water partition coefficient (Wildman–Crippen LogP) is 16.0. The summed E-state index contributed by atoms with van der Waals surface area (Å²) >= 11 is 3.74. The molecule has 14 aromatic rings. The fourth-order valence-electron chi connectivity index (χ4n) is 11.1. The Bertz CT molecular complexity index is 4390. The van der Waals surface area contributed by atoms with Crippen molar-refractivity contribution in [2.24, 2.45) is 9.98 Å². The van der Waals surface area contributed by atoms with Gasteiger partial charge in [0, 0.05) is 67.5 Å². The Morgan fingerprint density at radius 2 is 0.848 bits per heavy atom.